The van der Waals surface area contributed by atoms with Gasteiger partial charge in [0.15, 0.2) is 5.13 Å². The van der Waals surface area contributed by atoms with Crippen LogP contribution < -0.4 is 9.64 Å². The van der Waals surface area contributed by atoms with Crippen LogP contribution >= 0.6 is 11.3 Å². The first kappa shape index (κ1) is 26.2. The number of pyridine rings is 1. The molecule has 0 radical (unpaired) electrons. The second kappa shape index (κ2) is 10.8. The number of nitrogens with zero attached hydrogens (tertiary/aromatic N) is 4. The van der Waals surface area contributed by atoms with Gasteiger partial charge >= 0.3 is 0 Å². The molecule has 0 spiro atoms. The first-order valence-electron chi connectivity index (χ1n) is 12.2. The molecule has 4 aromatic rings. The number of carbonyl (C=O) groups is 1. The molecule has 3 heterocycles. The Morgan fingerprint density at radius 3 is 2.50 bits per heavy atom. The zero-order chi connectivity index (χ0) is 26.9. The maximum Gasteiger partial charge on any atom is 0.260 e. The fourth-order valence-corrected chi connectivity index (χ4v) is 6.95. The summed E-state index contributed by atoms with van der Waals surface area (Å²) in [5.41, 5.74) is 1.77. The molecule has 1 aliphatic heterocycles. The summed E-state index contributed by atoms with van der Waals surface area (Å²) in [6.07, 6.45) is 1.29. The predicted molar refractivity (Wildman–Crippen MR) is 146 cm³/mol. The van der Waals surface area contributed by atoms with E-state index >= 15 is 0 Å². The molecule has 1 amide bonds. The van der Waals surface area contributed by atoms with E-state index in [1.54, 1.807) is 30.3 Å². The van der Waals surface area contributed by atoms with E-state index in [2.05, 4.69) is 4.98 Å². The lowest BCUT2D eigenvalue weighted by Gasteiger charge is -2.34. The minimum absolute atomic E-state index is 0.138. The molecule has 9 nitrogen and oxygen atoms in total. The molecule has 0 N–H and O–H groups in total. The molecule has 1 fully saturated rings. The topological polar surface area (TPSA) is 102 Å². The van der Waals surface area contributed by atoms with E-state index in [1.807, 2.05) is 50.2 Å². The fourth-order valence-electron chi connectivity index (χ4n) is 4.42. The Morgan fingerprint density at radius 1 is 1.11 bits per heavy atom. The monoisotopic (exact) mass is 552 g/mol. The van der Waals surface area contributed by atoms with Crippen LogP contribution in [0.2, 0.25) is 0 Å². The van der Waals surface area contributed by atoms with Crippen LogP contribution in [0.5, 0.6) is 5.75 Å². The molecule has 2 aromatic carbocycles. The van der Waals surface area contributed by atoms with Crippen molar-refractivity contribution in [3.63, 3.8) is 0 Å². The van der Waals surface area contributed by atoms with E-state index in [-0.39, 0.29) is 42.6 Å². The van der Waals surface area contributed by atoms with Gasteiger partial charge in [-0.05, 0) is 62.4 Å². The number of anilines is 1. The summed E-state index contributed by atoms with van der Waals surface area (Å²) in [6, 6.07) is 17.2. The van der Waals surface area contributed by atoms with Gasteiger partial charge in [0.05, 0.1) is 46.7 Å². The Hall–Kier alpha value is -3.38. The number of amides is 1. The van der Waals surface area contributed by atoms with E-state index in [1.165, 1.54) is 27.8 Å². The number of hydrogen-bond acceptors (Lipinski definition) is 8. The number of benzene rings is 2. The number of ether oxygens (including phenoxy) is 2. The third-order valence-electron chi connectivity index (χ3n) is 6.23. The fraction of sp³-hybridized carbons (Fsp3) is 0.296. The Bertz CT molecular complexity index is 1530. The van der Waals surface area contributed by atoms with Crippen molar-refractivity contribution >= 4 is 42.6 Å². The summed E-state index contributed by atoms with van der Waals surface area (Å²) >= 11 is 1.39. The number of carbonyl (C=O) groups excluding carboxylic acids is 1. The highest BCUT2D eigenvalue weighted by Crippen LogP contribution is 2.33. The van der Waals surface area contributed by atoms with Crippen LogP contribution in [0.25, 0.3) is 10.2 Å². The third kappa shape index (κ3) is 5.41. The van der Waals surface area contributed by atoms with Gasteiger partial charge in [-0.3, -0.25) is 14.7 Å². The van der Waals surface area contributed by atoms with Gasteiger partial charge in [0, 0.05) is 30.9 Å². The van der Waals surface area contributed by atoms with Crippen molar-refractivity contribution < 1.29 is 22.7 Å². The first-order valence-corrected chi connectivity index (χ1v) is 14.4. The number of morpholine rings is 1. The molecule has 2 atom stereocenters. The van der Waals surface area contributed by atoms with Crippen LogP contribution in [0.15, 0.2) is 71.8 Å². The van der Waals surface area contributed by atoms with Gasteiger partial charge in [-0.25, -0.2) is 13.4 Å². The number of thiazole rings is 1. The summed E-state index contributed by atoms with van der Waals surface area (Å²) in [5.74, 6) is 0.372. The highest BCUT2D eigenvalue weighted by atomic mass is 32.2. The summed E-state index contributed by atoms with van der Waals surface area (Å²) in [4.78, 5) is 24.5. The molecule has 1 aliphatic rings. The van der Waals surface area contributed by atoms with Gasteiger partial charge in [-0.2, -0.15) is 4.31 Å². The van der Waals surface area contributed by atoms with Crippen LogP contribution in [-0.4, -0.2) is 61.0 Å². The lowest BCUT2D eigenvalue weighted by atomic mass is 10.2. The summed E-state index contributed by atoms with van der Waals surface area (Å²) < 4.78 is 39.8. The van der Waals surface area contributed by atoms with E-state index in [4.69, 9.17) is 14.5 Å². The number of hydrogen-bond donors (Lipinski definition) is 0. The molecule has 198 valence electrons. The van der Waals surface area contributed by atoms with E-state index in [9.17, 15) is 13.2 Å². The number of rotatable bonds is 7. The normalized spacial score (nSPS) is 18.4. The highest BCUT2D eigenvalue weighted by Gasteiger charge is 2.32. The molecule has 2 unspecified atom stereocenters. The second-order valence-electron chi connectivity index (χ2n) is 9.15. The molecular formula is C27H28N4O5S2. The standard InChI is InChI=1S/C27H28N4O5S2/c1-18-15-30(16-19(2)36-18)38(33,34)23-10-7-20(8-11-23)26(32)31(17-21-6-4-5-13-28-21)27-29-24-14-22(35-3)9-12-25(24)37-27/h4-14,18-19H,15-17H2,1-3H3. The lowest BCUT2D eigenvalue weighted by Crippen LogP contribution is -2.48. The van der Waals surface area contributed by atoms with Crippen molar-refractivity contribution in [3.05, 3.63) is 78.1 Å². The molecular weight excluding hydrogens is 524 g/mol. The quantitative estimate of drug-likeness (QED) is 0.336. The van der Waals surface area contributed by atoms with Gasteiger partial charge in [0.2, 0.25) is 10.0 Å². The minimum atomic E-state index is -3.72. The summed E-state index contributed by atoms with van der Waals surface area (Å²) in [7, 11) is -2.13. The largest absolute Gasteiger partial charge is 0.497 e. The van der Waals surface area contributed by atoms with Gasteiger partial charge in [-0.1, -0.05) is 17.4 Å². The van der Waals surface area contributed by atoms with Crippen molar-refractivity contribution in [2.45, 2.75) is 37.5 Å². The third-order valence-corrected chi connectivity index (χ3v) is 9.14. The van der Waals surface area contributed by atoms with Gasteiger partial charge in [0.25, 0.3) is 5.91 Å². The number of methoxy groups -OCH3 is 1. The highest BCUT2D eigenvalue weighted by molar-refractivity contribution is 7.89. The van der Waals surface area contributed by atoms with Crippen LogP contribution in [-0.2, 0) is 21.3 Å². The van der Waals surface area contributed by atoms with Crippen molar-refractivity contribution in [3.8, 4) is 5.75 Å². The van der Waals surface area contributed by atoms with Crippen molar-refractivity contribution in [1.29, 1.82) is 0 Å². The molecule has 0 saturated carbocycles. The lowest BCUT2D eigenvalue weighted by molar-refractivity contribution is -0.0440. The average Bonchev–Trinajstić information content (AvgIpc) is 3.34. The number of aromatic nitrogens is 2. The minimum Gasteiger partial charge on any atom is -0.497 e. The number of fused-ring (bicyclic) bond motifs is 1. The molecule has 1 saturated heterocycles. The maximum atomic E-state index is 13.8. The molecule has 38 heavy (non-hydrogen) atoms. The van der Waals surface area contributed by atoms with Gasteiger partial charge in [0.1, 0.15) is 5.75 Å². The SMILES string of the molecule is COc1ccc2sc(N(Cc3ccccn3)C(=O)c3ccc(S(=O)(=O)N4CC(C)OC(C)C4)cc3)nc2c1. The van der Waals surface area contributed by atoms with Crippen molar-refractivity contribution in [2.24, 2.45) is 0 Å². The first-order chi connectivity index (χ1) is 18.2. The van der Waals surface area contributed by atoms with Crippen LogP contribution in [0, 0.1) is 0 Å². The van der Waals surface area contributed by atoms with Crippen molar-refractivity contribution in [1.82, 2.24) is 14.3 Å². The Morgan fingerprint density at radius 2 is 1.84 bits per heavy atom. The molecule has 2 aromatic heterocycles. The zero-order valence-electron chi connectivity index (χ0n) is 21.3. The van der Waals surface area contributed by atoms with E-state index in [0.717, 1.165) is 10.2 Å². The second-order valence-corrected chi connectivity index (χ2v) is 12.1. The number of sulfonamides is 1. The zero-order valence-corrected chi connectivity index (χ0v) is 22.9. The Kier molecular flexibility index (Phi) is 7.44. The average molecular weight is 553 g/mol. The van der Waals surface area contributed by atoms with E-state index < -0.39 is 10.0 Å². The summed E-state index contributed by atoms with van der Waals surface area (Å²) in [6.45, 7) is 4.49. The van der Waals surface area contributed by atoms with Crippen LogP contribution in [0.1, 0.15) is 29.9 Å². The predicted octanol–water partition coefficient (Wildman–Crippen LogP) is 4.34. The molecule has 0 bridgehead atoms. The smallest absolute Gasteiger partial charge is 0.260 e. The maximum absolute atomic E-state index is 13.8. The van der Waals surface area contributed by atoms with Gasteiger partial charge in [-0.15, -0.1) is 0 Å². The van der Waals surface area contributed by atoms with Gasteiger partial charge < -0.3 is 9.47 Å². The molecule has 0 aliphatic carbocycles. The Balaban J connectivity index is 1.45. The van der Waals surface area contributed by atoms with Crippen LogP contribution in [0.3, 0.4) is 0 Å². The molecule has 11 heteroatoms. The van der Waals surface area contributed by atoms with Crippen LogP contribution in [0.4, 0.5) is 5.13 Å². The Labute approximate surface area is 225 Å². The molecule has 5 rings (SSSR count). The van der Waals surface area contributed by atoms with E-state index in [0.29, 0.717) is 22.1 Å². The van der Waals surface area contributed by atoms with Crippen molar-refractivity contribution in [2.75, 3.05) is 25.1 Å². The summed E-state index contributed by atoms with van der Waals surface area (Å²) in [5, 5.41) is 0.511.